The zero-order chi connectivity index (χ0) is 19.5. The van der Waals surface area contributed by atoms with Crippen LogP contribution in [0.4, 0.5) is 0 Å². The lowest BCUT2D eigenvalue weighted by Crippen LogP contribution is -2.26. The molecule has 0 N–H and O–H groups in total. The second kappa shape index (κ2) is 7.79. The normalized spacial score (nSPS) is 10.8. The van der Waals surface area contributed by atoms with Gasteiger partial charge in [0, 0.05) is 35.8 Å². The van der Waals surface area contributed by atoms with Gasteiger partial charge in [0.1, 0.15) is 0 Å². The summed E-state index contributed by atoms with van der Waals surface area (Å²) in [5.74, 6) is -0.0856. The van der Waals surface area contributed by atoms with Crippen molar-refractivity contribution < 1.29 is 4.79 Å². The van der Waals surface area contributed by atoms with Crippen molar-refractivity contribution in [1.29, 1.82) is 0 Å². The van der Waals surface area contributed by atoms with Crippen LogP contribution in [0.3, 0.4) is 0 Å². The number of benzene rings is 2. The van der Waals surface area contributed by atoms with Crippen LogP contribution in [0.5, 0.6) is 0 Å². The molecule has 0 saturated heterocycles. The van der Waals surface area contributed by atoms with Crippen LogP contribution in [0.2, 0.25) is 5.02 Å². The van der Waals surface area contributed by atoms with Crippen molar-refractivity contribution >= 4 is 28.5 Å². The van der Waals surface area contributed by atoms with Gasteiger partial charge < -0.3 is 4.90 Å². The maximum Gasteiger partial charge on any atom is 0.254 e. The number of pyridine rings is 2. The molecular weight excluding hydrogens is 370 g/mol. The minimum Gasteiger partial charge on any atom is -0.337 e. The average molecular weight is 388 g/mol. The number of aromatic nitrogens is 2. The minimum atomic E-state index is -0.0856. The van der Waals surface area contributed by atoms with Crippen LogP contribution >= 0.6 is 11.6 Å². The van der Waals surface area contributed by atoms with E-state index in [4.69, 9.17) is 11.6 Å². The SMILES string of the molecule is CN(Cc1cccc(Cl)c1)C(=O)c1cc(-c2ccccc2)nc2ncccc12. The molecule has 4 aromatic rings. The first kappa shape index (κ1) is 18.1. The molecule has 138 valence electrons. The molecule has 0 atom stereocenters. The number of halogens is 1. The van der Waals surface area contributed by atoms with Crippen LogP contribution in [0.25, 0.3) is 22.3 Å². The fraction of sp³-hybridized carbons (Fsp3) is 0.0870. The van der Waals surface area contributed by atoms with E-state index in [1.54, 1.807) is 18.1 Å². The Morgan fingerprint density at radius 2 is 1.82 bits per heavy atom. The Bertz CT molecular complexity index is 1140. The number of carbonyl (C=O) groups excluding carboxylic acids is 1. The summed E-state index contributed by atoms with van der Waals surface area (Å²) >= 11 is 6.07. The van der Waals surface area contributed by atoms with Crippen LogP contribution in [-0.4, -0.2) is 27.8 Å². The Morgan fingerprint density at radius 1 is 1.00 bits per heavy atom. The quantitative estimate of drug-likeness (QED) is 0.482. The third-order valence-corrected chi connectivity index (χ3v) is 4.77. The molecule has 0 spiro atoms. The van der Waals surface area contributed by atoms with Crippen molar-refractivity contribution in [2.24, 2.45) is 0 Å². The van der Waals surface area contributed by atoms with Crippen LogP contribution in [0.15, 0.2) is 79.0 Å². The largest absolute Gasteiger partial charge is 0.337 e. The zero-order valence-electron chi connectivity index (χ0n) is 15.3. The molecular formula is C23H18ClN3O. The molecule has 4 rings (SSSR count). The van der Waals surface area contributed by atoms with Gasteiger partial charge in [-0.15, -0.1) is 0 Å². The molecule has 0 aliphatic rings. The first-order valence-corrected chi connectivity index (χ1v) is 9.31. The summed E-state index contributed by atoms with van der Waals surface area (Å²) in [6.45, 7) is 0.462. The molecule has 4 nitrogen and oxygen atoms in total. The summed E-state index contributed by atoms with van der Waals surface area (Å²) in [4.78, 5) is 24.0. The predicted octanol–water partition coefficient (Wildman–Crippen LogP) is 5.22. The summed E-state index contributed by atoms with van der Waals surface area (Å²) < 4.78 is 0. The topological polar surface area (TPSA) is 46.1 Å². The van der Waals surface area contributed by atoms with Crippen LogP contribution in [-0.2, 0) is 6.54 Å². The number of amides is 1. The third kappa shape index (κ3) is 3.73. The summed E-state index contributed by atoms with van der Waals surface area (Å²) in [5, 5.41) is 1.40. The van der Waals surface area contributed by atoms with Gasteiger partial charge in [0.25, 0.3) is 5.91 Å². The summed E-state index contributed by atoms with van der Waals surface area (Å²) in [7, 11) is 1.79. The molecule has 1 amide bonds. The molecule has 2 aromatic carbocycles. The van der Waals surface area contributed by atoms with E-state index in [0.717, 1.165) is 22.2 Å². The van der Waals surface area contributed by atoms with E-state index in [1.165, 1.54) is 0 Å². The lowest BCUT2D eigenvalue weighted by Gasteiger charge is -2.19. The molecule has 0 radical (unpaired) electrons. The fourth-order valence-electron chi connectivity index (χ4n) is 3.18. The van der Waals surface area contributed by atoms with Crippen LogP contribution < -0.4 is 0 Å². The molecule has 2 heterocycles. The highest BCUT2D eigenvalue weighted by Crippen LogP contribution is 2.25. The van der Waals surface area contributed by atoms with E-state index in [2.05, 4.69) is 9.97 Å². The van der Waals surface area contributed by atoms with Gasteiger partial charge in [-0.05, 0) is 35.9 Å². The summed E-state index contributed by atoms with van der Waals surface area (Å²) in [5.41, 5.74) is 3.79. The molecule has 0 aliphatic heterocycles. The van der Waals surface area contributed by atoms with E-state index in [1.807, 2.05) is 72.8 Å². The van der Waals surface area contributed by atoms with E-state index >= 15 is 0 Å². The maximum absolute atomic E-state index is 13.3. The number of rotatable bonds is 4. The van der Waals surface area contributed by atoms with E-state index < -0.39 is 0 Å². The predicted molar refractivity (Wildman–Crippen MR) is 112 cm³/mol. The van der Waals surface area contributed by atoms with Gasteiger partial charge in [-0.25, -0.2) is 9.97 Å². The van der Waals surface area contributed by atoms with Crippen molar-refractivity contribution in [3.8, 4) is 11.3 Å². The summed E-state index contributed by atoms with van der Waals surface area (Å²) in [6.07, 6.45) is 1.69. The van der Waals surface area contributed by atoms with Gasteiger partial charge >= 0.3 is 0 Å². The van der Waals surface area contributed by atoms with Gasteiger partial charge in [-0.2, -0.15) is 0 Å². The van der Waals surface area contributed by atoms with Gasteiger partial charge in [0.05, 0.1) is 11.3 Å². The molecule has 0 fully saturated rings. The highest BCUT2D eigenvalue weighted by Gasteiger charge is 2.18. The first-order valence-electron chi connectivity index (χ1n) is 8.93. The van der Waals surface area contributed by atoms with Crippen LogP contribution in [0.1, 0.15) is 15.9 Å². The number of fused-ring (bicyclic) bond motifs is 1. The number of hydrogen-bond acceptors (Lipinski definition) is 3. The first-order chi connectivity index (χ1) is 13.6. The van der Waals surface area contributed by atoms with Crippen molar-refractivity contribution in [3.63, 3.8) is 0 Å². The summed E-state index contributed by atoms with van der Waals surface area (Å²) in [6, 6.07) is 22.9. The van der Waals surface area contributed by atoms with Gasteiger partial charge in [0.2, 0.25) is 0 Å². The van der Waals surface area contributed by atoms with E-state index in [0.29, 0.717) is 22.8 Å². The molecule has 5 heteroatoms. The van der Waals surface area contributed by atoms with E-state index in [9.17, 15) is 4.79 Å². The molecule has 28 heavy (non-hydrogen) atoms. The fourth-order valence-corrected chi connectivity index (χ4v) is 3.39. The van der Waals surface area contributed by atoms with Crippen molar-refractivity contribution in [3.05, 3.63) is 95.1 Å². The Labute approximate surface area is 168 Å². The maximum atomic E-state index is 13.3. The van der Waals surface area contributed by atoms with Gasteiger partial charge in [-0.1, -0.05) is 54.1 Å². The number of hydrogen-bond donors (Lipinski definition) is 0. The number of carbonyl (C=O) groups is 1. The van der Waals surface area contributed by atoms with Crippen molar-refractivity contribution in [1.82, 2.24) is 14.9 Å². The Kier molecular flexibility index (Phi) is 5.04. The lowest BCUT2D eigenvalue weighted by atomic mass is 10.0. The Balaban J connectivity index is 1.75. The smallest absolute Gasteiger partial charge is 0.254 e. The standard InChI is InChI=1S/C23H18ClN3O/c1-27(15-16-7-5-10-18(24)13-16)23(28)20-14-21(17-8-3-2-4-9-17)26-22-19(20)11-6-12-25-22/h2-14H,15H2,1H3. The second-order valence-corrected chi connectivity index (χ2v) is 7.02. The van der Waals surface area contributed by atoms with E-state index in [-0.39, 0.29) is 5.91 Å². The second-order valence-electron chi connectivity index (χ2n) is 6.59. The molecule has 0 saturated carbocycles. The van der Waals surface area contributed by atoms with Crippen molar-refractivity contribution in [2.45, 2.75) is 6.54 Å². The lowest BCUT2D eigenvalue weighted by molar-refractivity contribution is 0.0787. The van der Waals surface area contributed by atoms with Crippen molar-refractivity contribution in [2.75, 3.05) is 7.05 Å². The molecule has 2 aromatic heterocycles. The van der Waals surface area contributed by atoms with Crippen LogP contribution in [0, 0.1) is 0 Å². The minimum absolute atomic E-state index is 0.0856. The molecule has 0 aliphatic carbocycles. The third-order valence-electron chi connectivity index (χ3n) is 4.54. The Hall–Kier alpha value is -3.24. The molecule has 0 unspecified atom stereocenters. The average Bonchev–Trinajstić information content (AvgIpc) is 2.73. The zero-order valence-corrected chi connectivity index (χ0v) is 16.1. The number of nitrogens with zero attached hydrogens (tertiary/aromatic N) is 3. The van der Waals surface area contributed by atoms with Gasteiger partial charge in [0.15, 0.2) is 5.65 Å². The molecule has 0 bridgehead atoms. The van der Waals surface area contributed by atoms with Gasteiger partial charge in [-0.3, -0.25) is 4.79 Å². The highest BCUT2D eigenvalue weighted by molar-refractivity contribution is 6.30. The monoisotopic (exact) mass is 387 g/mol. The Morgan fingerprint density at radius 3 is 2.61 bits per heavy atom. The highest BCUT2D eigenvalue weighted by atomic mass is 35.5.